The molecule has 2 bridgehead atoms. The van der Waals surface area contributed by atoms with Crippen LogP contribution >= 0.6 is 11.3 Å². The van der Waals surface area contributed by atoms with Crippen molar-refractivity contribution in [3.8, 4) is 10.4 Å². The lowest BCUT2D eigenvalue weighted by molar-refractivity contribution is -0.137. The molecule has 2 amide bonds. The fourth-order valence-electron chi connectivity index (χ4n) is 5.20. The monoisotopic (exact) mass is 537 g/mol. The number of pyridine rings is 1. The van der Waals surface area contributed by atoms with Gasteiger partial charge in [-0.2, -0.15) is 13.2 Å². The van der Waals surface area contributed by atoms with Crippen LogP contribution in [0.3, 0.4) is 0 Å². The number of rotatable bonds is 4. The normalized spacial score (nSPS) is 23.7. The van der Waals surface area contributed by atoms with Crippen LogP contribution in [0, 0.1) is 0 Å². The number of nitrogens with one attached hydrogen (secondary N) is 1. The summed E-state index contributed by atoms with van der Waals surface area (Å²) in [7, 11) is 0. The first-order valence-electron chi connectivity index (χ1n) is 12.4. The molecular formula is C25H30F3N5O3S. The molecular weight excluding hydrogens is 507 g/mol. The maximum atomic E-state index is 14.3. The molecule has 3 atom stereocenters. The van der Waals surface area contributed by atoms with Crippen LogP contribution < -0.4 is 5.32 Å². The first kappa shape index (κ1) is 25.9. The summed E-state index contributed by atoms with van der Waals surface area (Å²) >= 11 is 0.821. The molecule has 8 nitrogen and oxygen atoms in total. The van der Waals surface area contributed by atoms with Gasteiger partial charge in [0.15, 0.2) is 5.01 Å². The number of halogens is 3. The number of hydrogen-bond acceptors (Lipinski definition) is 7. The van der Waals surface area contributed by atoms with Gasteiger partial charge in [0.25, 0.3) is 11.8 Å². The highest BCUT2D eigenvalue weighted by Crippen LogP contribution is 2.43. The Balaban J connectivity index is 1.60. The fourth-order valence-corrected chi connectivity index (χ4v) is 6.24. The summed E-state index contributed by atoms with van der Waals surface area (Å²) in [6, 6.07) is 0.801. The minimum absolute atomic E-state index is 0.00256. The minimum atomic E-state index is -4.71. The summed E-state index contributed by atoms with van der Waals surface area (Å²) in [5.41, 5.74) is -1.83. The lowest BCUT2D eigenvalue weighted by atomic mass is 10.1. The quantitative estimate of drug-likeness (QED) is 0.610. The van der Waals surface area contributed by atoms with E-state index in [9.17, 15) is 22.8 Å². The number of carbonyl (C=O) groups excluding carboxylic acids is 2. The number of morpholine rings is 1. The Morgan fingerprint density at radius 3 is 2.51 bits per heavy atom. The molecule has 5 heterocycles. The zero-order valence-electron chi connectivity index (χ0n) is 21.2. The number of alkyl halides is 3. The van der Waals surface area contributed by atoms with Gasteiger partial charge < -0.3 is 19.9 Å². The molecule has 2 aromatic heterocycles. The predicted molar refractivity (Wildman–Crippen MR) is 133 cm³/mol. The topological polar surface area (TPSA) is 87.7 Å². The molecule has 0 aliphatic carbocycles. The number of amides is 2. The molecule has 3 saturated heterocycles. The molecule has 0 saturated carbocycles. The number of aromatic nitrogens is 2. The second-order valence-electron chi connectivity index (χ2n) is 11.0. The van der Waals surface area contributed by atoms with Crippen molar-refractivity contribution in [2.24, 2.45) is 0 Å². The average molecular weight is 538 g/mol. The van der Waals surface area contributed by atoms with Crippen LogP contribution in [0.5, 0.6) is 0 Å². The van der Waals surface area contributed by atoms with Gasteiger partial charge in [-0.1, -0.05) is 0 Å². The third-order valence-corrected chi connectivity index (χ3v) is 8.02. The summed E-state index contributed by atoms with van der Waals surface area (Å²) in [6.07, 6.45) is -1.30. The van der Waals surface area contributed by atoms with Gasteiger partial charge >= 0.3 is 6.18 Å². The first-order valence-corrected chi connectivity index (χ1v) is 13.2. The van der Waals surface area contributed by atoms with E-state index >= 15 is 0 Å². The van der Waals surface area contributed by atoms with E-state index in [0.717, 1.165) is 42.9 Å². The lowest BCUT2D eigenvalue weighted by Gasteiger charge is -2.25. The van der Waals surface area contributed by atoms with Gasteiger partial charge in [0, 0.05) is 36.4 Å². The Bertz CT molecular complexity index is 1230. The Morgan fingerprint density at radius 2 is 1.95 bits per heavy atom. The SMILES string of the molecule is C[C@H]1CCCN1C(=O)c1nc(C(=O)N2C[C@@H]3CC2CO3)sc1-c1cnc(NC(C)(C)C)cc1C(F)(F)F. The Morgan fingerprint density at radius 1 is 1.19 bits per heavy atom. The van der Waals surface area contributed by atoms with Crippen LogP contribution in [0.25, 0.3) is 10.4 Å². The van der Waals surface area contributed by atoms with Crippen molar-refractivity contribution in [3.05, 3.63) is 28.5 Å². The number of hydrogen-bond donors (Lipinski definition) is 1. The van der Waals surface area contributed by atoms with E-state index in [4.69, 9.17) is 4.74 Å². The van der Waals surface area contributed by atoms with Crippen LogP contribution in [0.1, 0.15) is 72.8 Å². The lowest BCUT2D eigenvalue weighted by Crippen LogP contribution is -2.41. The average Bonchev–Trinajstić information content (AvgIpc) is 3.60. The maximum absolute atomic E-state index is 14.3. The van der Waals surface area contributed by atoms with Crippen LogP contribution in [0.4, 0.5) is 19.0 Å². The highest BCUT2D eigenvalue weighted by atomic mass is 32.1. The molecule has 12 heteroatoms. The highest BCUT2D eigenvalue weighted by Gasteiger charge is 2.44. The van der Waals surface area contributed by atoms with E-state index in [2.05, 4.69) is 15.3 Å². The second kappa shape index (κ2) is 9.23. The van der Waals surface area contributed by atoms with Gasteiger partial charge in [-0.25, -0.2) is 9.97 Å². The summed E-state index contributed by atoms with van der Waals surface area (Å²) in [6.45, 7) is 8.69. The molecule has 3 aliphatic heterocycles. The van der Waals surface area contributed by atoms with Crippen LogP contribution in [-0.4, -0.2) is 75.0 Å². The molecule has 3 fully saturated rings. The number of anilines is 1. The van der Waals surface area contributed by atoms with Gasteiger partial charge in [-0.15, -0.1) is 11.3 Å². The molecule has 0 radical (unpaired) electrons. The Labute approximate surface area is 217 Å². The number of ether oxygens (including phenoxy) is 1. The zero-order valence-corrected chi connectivity index (χ0v) is 22.0. The molecule has 1 N–H and O–H groups in total. The van der Waals surface area contributed by atoms with E-state index in [1.54, 1.807) is 9.80 Å². The van der Waals surface area contributed by atoms with Crippen molar-refractivity contribution in [2.45, 2.75) is 76.9 Å². The van der Waals surface area contributed by atoms with Crippen LogP contribution in [-0.2, 0) is 10.9 Å². The number of nitrogens with zero attached hydrogens (tertiary/aromatic N) is 4. The van der Waals surface area contributed by atoms with E-state index in [1.807, 2.05) is 27.7 Å². The van der Waals surface area contributed by atoms with E-state index in [-0.39, 0.29) is 51.1 Å². The van der Waals surface area contributed by atoms with Crippen molar-refractivity contribution in [3.63, 3.8) is 0 Å². The number of likely N-dealkylation sites (tertiary alicyclic amines) is 2. The van der Waals surface area contributed by atoms with Gasteiger partial charge in [-0.3, -0.25) is 9.59 Å². The van der Waals surface area contributed by atoms with Crippen molar-refractivity contribution in [2.75, 3.05) is 25.0 Å². The second-order valence-corrected chi connectivity index (χ2v) is 12.0. The standard InChI is InChI=1S/C25H30F3N5O3S/c1-13-6-5-7-32(13)22(34)19-20(37-21(30-19)23(35)33-11-15-8-14(33)12-36-15)16-10-29-18(31-24(2,3)4)9-17(16)25(26,27)28/h9-10,13-15H,5-8,11-12H2,1-4H3,(H,29,31)/t13-,14?,15-/m0/s1. The molecule has 3 aliphatic rings. The predicted octanol–water partition coefficient (Wildman–Crippen LogP) is 4.67. The van der Waals surface area contributed by atoms with E-state index < -0.39 is 23.2 Å². The summed E-state index contributed by atoms with van der Waals surface area (Å²) in [4.78, 5) is 38.8. The van der Waals surface area contributed by atoms with Crippen molar-refractivity contribution < 1.29 is 27.5 Å². The molecule has 0 spiro atoms. The van der Waals surface area contributed by atoms with Gasteiger partial charge in [-0.05, 0) is 53.0 Å². The molecule has 0 aromatic carbocycles. The first-order chi connectivity index (χ1) is 17.3. The number of carbonyl (C=O) groups is 2. The minimum Gasteiger partial charge on any atom is -0.374 e. The summed E-state index contributed by atoms with van der Waals surface area (Å²) < 4.78 is 48.5. The molecule has 2 aromatic rings. The van der Waals surface area contributed by atoms with Crippen molar-refractivity contribution >= 4 is 29.0 Å². The van der Waals surface area contributed by atoms with Gasteiger partial charge in [0.1, 0.15) is 11.5 Å². The Hall–Kier alpha value is -2.73. The highest BCUT2D eigenvalue weighted by molar-refractivity contribution is 7.17. The number of thiazole rings is 1. The van der Waals surface area contributed by atoms with Gasteiger partial charge in [0.2, 0.25) is 0 Å². The summed E-state index contributed by atoms with van der Waals surface area (Å²) in [5.74, 6) is -0.784. The van der Waals surface area contributed by atoms with Crippen LogP contribution in [0.15, 0.2) is 12.3 Å². The number of fused-ring (bicyclic) bond motifs is 2. The largest absolute Gasteiger partial charge is 0.417 e. The zero-order chi connectivity index (χ0) is 26.7. The molecule has 200 valence electrons. The van der Waals surface area contributed by atoms with E-state index in [0.29, 0.717) is 19.7 Å². The maximum Gasteiger partial charge on any atom is 0.417 e. The molecule has 5 rings (SSSR count). The fraction of sp³-hybridized carbons (Fsp3) is 0.600. The van der Waals surface area contributed by atoms with Gasteiger partial charge in [0.05, 0.1) is 29.2 Å². The van der Waals surface area contributed by atoms with Crippen molar-refractivity contribution in [1.82, 2.24) is 19.8 Å². The molecule has 37 heavy (non-hydrogen) atoms. The Kier molecular flexibility index (Phi) is 6.46. The van der Waals surface area contributed by atoms with Crippen LogP contribution in [0.2, 0.25) is 0 Å². The molecule has 1 unspecified atom stereocenters. The third kappa shape index (κ3) is 5.05. The third-order valence-electron chi connectivity index (χ3n) is 6.94. The summed E-state index contributed by atoms with van der Waals surface area (Å²) in [5, 5.41) is 2.97. The smallest absolute Gasteiger partial charge is 0.374 e. The van der Waals surface area contributed by atoms with E-state index in [1.165, 1.54) is 0 Å². The van der Waals surface area contributed by atoms with Crippen molar-refractivity contribution in [1.29, 1.82) is 0 Å².